The second-order valence-electron chi connectivity index (χ2n) is 4.97. The van der Waals surface area contributed by atoms with Gasteiger partial charge in [0.1, 0.15) is 5.69 Å². The molecule has 2 aromatic rings. The first-order valence-corrected chi connectivity index (χ1v) is 6.59. The Labute approximate surface area is 112 Å². The van der Waals surface area contributed by atoms with Crippen LogP contribution < -0.4 is 11.1 Å². The SMILES string of the molecule is Nc1ccccc1-c1ccc(C(=O)NC2CCC2)[nH]1. The zero-order chi connectivity index (χ0) is 13.2. The first-order valence-electron chi connectivity index (χ1n) is 6.59. The fourth-order valence-corrected chi connectivity index (χ4v) is 2.24. The van der Waals surface area contributed by atoms with Crippen molar-refractivity contribution in [2.75, 3.05) is 5.73 Å². The van der Waals surface area contributed by atoms with Crippen LogP contribution in [0.5, 0.6) is 0 Å². The van der Waals surface area contributed by atoms with Crippen molar-refractivity contribution in [2.24, 2.45) is 0 Å². The van der Waals surface area contributed by atoms with Crippen molar-refractivity contribution in [3.05, 3.63) is 42.1 Å². The maximum absolute atomic E-state index is 12.0. The molecule has 19 heavy (non-hydrogen) atoms. The quantitative estimate of drug-likeness (QED) is 0.737. The number of benzene rings is 1. The van der Waals surface area contributed by atoms with Crippen LogP contribution in [0.3, 0.4) is 0 Å². The number of para-hydroxylation sites is 1. The Morgan fingerprint density at radius 2 is 2.00 bits per heavy atom. The summed E-state index contributed by atoms with van der Waals surface area (Å²) >= 11 is 0. The number of carbonyl (C=O) groups is 1. The number of rotatable bonds is 3. The van der Waals surface area contributed by atoms with Gasteiger partial charge in [0.05, 0.1) is 0 Å². The Kier molecular flexibility index (Phi) is 2.99. The van der Waals surface area contributed by atoms with E-state index in [1.54, 1.807) is 6.07 Å². The zero-order valence-corrected chi connectivity index (χ0v) is 10.6. The topological polar surface area (TPSA) is 70.9 Å². The number of aromatic amines is 1. The summed E-state index contributed by atoms with van der Waals surface area (Å²) in [4.78, 5) is 15.1. The number of nitrogens with one attached hydrogen (secondary N) is 2. The van der Waals surface area contributed by atoms with Gasteiger partial charge in [0.15, 0.2) is 0 Å². The lowest BCUT2D eigenvalue weighted by Crippen LogP contribution is -2.39. The number of nitrogens with two attached hydrogens (primary N) is 1. The molecule has 0 saturated heterocycles. The minimum atomic E-state index is -0.0366. The summed E-state index contributed by atoms with van der Waals surface area (Å²) in [5, 5.41) is 3.01. The normalized spacial score (nSPS) is 14.9. The van der Waals surface area contributed by atoms with E-state index >= 15 is 0 Å². The van der Waals surface area contributed by atoms with Gasteiger partial charge in [-0.25, -0.2) is 0 Å². The van der Waals surface area contributed by atoms with Crippen molar-refractivity contribution in [1.82, 2.24) is 10.3 Å². The first kappa shape index (κ1) is 11.8. The van der Waals surface area contributed by atoms with Crippen molar-refractivity contribution in [3.8, 4) is 11.3 Å². The van der Waals surface area contributed by atoms with Crippen LogP contribution in [-0.4, -0.2) is 16.9 Å². The number of anilines is 1. The monoisotopic (exact) mass is 255 g/mol. The van der Waals surface area contributed by atoms with Gasteiger partial charge < -0.3 is 16.0 Å². The van der Waals surface area contributed by atoms with Crippen LogP contribution in [0.1, 0.15) is 29.8 Å². The molecule has 0 atom stereocenters. The lowest BCUT2D eigenvalue weighted by molar-refractivity contribution is 0.0912. The Balaban J connectivity index is 1.79. The zero-order valence-electron chi connectivity index (χ0n) is 10.6. The van der Waals surface area contributed by atoms with E-state index in [1.165, 1.54) is 6.42 Å². The fourth-order valence-electron chi connectivity index (χ4n) is 2.24. The molecule has 1 fully saturated rings. The van der Waals surface area contributed by atoms with Gasteiger partial charge in [-0.15, -0.1) is 0 Å². The van der Waals surface area contributed by atoms with Gasteiger partial charge in [0.2, 0.25) is 0 Å². The van der Waals surface area contributed by atoms with Crippen LogP contribution in [0.2, 0.25) is 0 Å². The standard InChI is InChI=1S/C15H17N3O/c16-12-7-2-1-6-11(12)13-8-9-14(18-13)15(19)17-10-4-3-5-10/h1-2,6-10,18H,3-5,16H2,(H,17,19). The predicted octanol–water partition coefficient (Wildman–Crippen LogP) is 2.55. The van der Waals surface area contributed by atoms with Gasteiger partial charge in [-0.3, -0.25) is 4.79 Å². The van der Waals surface area contributed by atoms with E-state index in [9.17, 15) is 4.79 Å². The Morgan fingerprint density at radius 1 is 1.21 bits per heavy atom. The molecule has 4 nitrogen and oxygen atoms in total. The maximum atomic E-state index is 12.0. The van der Waals surface area contributed by atoms with E-state index < -0.39 is 0 Å². The van der Waals surface area contributed by atoms with Gasteiger partial charge >= 0.3 is 0 Å². The van der Waals surface area contributed by atoms with Gasteiger partial charge in [-0.1, -0.05) is 18.2 Å². The van der Waals surface area contributed by atoms with Crippen LogP contribution in [0.4, 0.5) is 5.69 Å². The Bertz CT molecular complexity index is 599. The second-order valence-corrected chi connectivity index (χ2v) is 4.97. The van der Waals surface area contributed by atoms with Crippen LogP contribution >= 0.6 is 0 Å². The van der Waals surface area contributed by atoms with Crippen LogP contribution in [0, 0.1) is 0 Å². The highest BCUT2D eigenvalue weighted by atomic mass is 16.1. The number of carbonyl (C=O) groups excluding carboxylic acids is 1. The Morgan fingerprint density at radius 3 is 2.68 bits per heavy atom. The summed E-state index contributed by atoms with van der Waals surface area (Å²) in [6.07, 6.45) is 3.39. The van der Waals surface area contributed by atoms with E-state index in [0.29, 0.717) is 17.4 Å². The lowest BCUT2D eigenvalue weighted by atomic mass is 9.93. The number of nitrogen functional groups attached to an aromatic ring is 1. The molecular formula is C15H17N3O. The van der Waals surface area contributed by atoms with Crippen molar-refractivity contribution < 1.29 is 4.79 Å². The first-order chi connectivity index (χ1) is 9.24. The number of aromatic nitrogens is 1. The molecule has 0 radical (unpaired) electrons. The van der Waals surface area contributed by atoms with E-state index in [0.717, 1.165) is 24.1 Å². The van der Waals surface area contributed by atoms with E-state index in [-0.39, 0.29) is 5.91 Å². The molecule has 4 heteroatoms. The third-order valence-electron chi connectivity index (χ3n) is 3.62. The molecule has 98 valence electrons. The number of amides is 1. The molecular weight excluding hydrogens is 238 g/mol. The molecule has 1 amide bonds. The molecule has 0 unspecified atom stereocenters. The molecule has 1 heterocycles. The number of hydrogen-bond donors (Lipinski definition) is 3. The molecule has 1 aromatic heterocycles. The molecule has 1 aliphatic carbocycles. The predicted molar refractivity (Wildman–Crippen MR) is 75.7 cm³/mol. The highest BCUT2D eigenvalue weighted by Crippen LogP contribution is 2.25. The van der Waals surface area contributed by atoms with Crippen molar-refractivity contribution in [1.29, 1.82) is 0 Å². The average molecular weight is 255 g/mol. The molecule has 1 aliphatic rings. The van der Waals surface area contributed by atoms with E-state index in [1.807, 2.05) is 30.3 Å². The molecule has 0 spiro atoms. The van der Waals surface area contributed by atoms with Gasteiger partial charge in [0, 0.05) is 23.0 Å². The summed E-state index contributed by atoms with van der Waals surface area (Å²) in [7, 11) is 0. The summed E-state index contributed by atoms with van der Waals surface area (Å²) in [6, 6.07) is 11.7. The summed E-state index contributed by atoms with van der Waals surface area (Å²) in [5.74, 6) is -0.0366. The summed E-state index contributed by atoms with van der Waals surface area (Å²) in [6.45, 7) is 0. The molecule has 0 bridgehead atoms. The lowest BCUT2D eigenvalue weighted by Gasteiger charge is -2.26. The van der Waals surface area contributed by atoms with Crippen LogP contribution in [-0.2, 0) is 0 Å². The largest absolute Gasteiger partial charge is 0.398 e. The van der Waals surface area contributed by atoms with E-state index in [4.69, 9.17) is 5.73 Å². The fraction of sp³-hybridized carbons (Fsp3) is 0.267. The highest BCUT2D eigenvalue weighted by Gasteiger charge is 2.20. The minimum absolute atomic E-state index is 0.0366. The number of H-pyrrole nitrogens is 1. The maximum Gasteiger partial charge on any atom is 0.267 e. The molecule has 1 saturated carbocycles. The second kappa shape index (κ2) is 4.80. The van der Waals surface area contributed by atoms with Gasteiger partial charge in [-0.2, -0.15) is 0 Å². The third-order valence-corrected chi connectivity index (χ3v) is 3.62. The number of hydrogen-bond acceptors (Lipinski definition) is 2. The van der Waals surface area contributed by atoms with Gasteiger partial charge in [0.25, 0.3) is 5.91 Å². The van der Waals surface area contributed by atoms with Crippen LogP contribution in [0.25, 0.3) is 11.3 Å². The van der Waals surface area contributed by atoms with Crippen molar-refractivity contribution in [2.45, 2.75) is 25.3 Å². The minimum Gasteiger partial charge on any atom is -0.398 e. The molecule has 3 rings (SSSR count). The highest BCUT2D eigenvalue weighted by molar-refractivity contribution is 5.94. The Hall–Kier alpha value is -2.23. The van der Waals surface area contributed by atoms with Crippen molar-refractivity contribution in [3.63, 3.8) is 0 Å². The molecule has 1 aromatic carbocycles. The van der Waals surface area contributed by atoms with Crippen molar-refractivity contribution >= 4 is 11.6 Å². The average Bonchev–Trinajstić information content (AvgIpc) is 2.83. The third kappa shape index (κ3) is 2.34. The van der Waals surface area contributed by atoms with Gasteiger partial charge in [-0.05, 0) is 37.5 Å². The smallest absolute Gasteiger partial charge is 0.267 e. The van der Waals surface area contributed by atoms with Crippen LogP contribution in [0.15, 0.2) is 36.4 Å². The van der Waals surface area contributed by atoms with E-state index in [2.05, 4.69) is 10.3 Å². The summed E-state index contributed by atoms with van der Waals surface area (Å²) < 4.78 is 0. The molecule has 4 N–H and O–H groups in total. The summed E-state index contributed by atoms with van der Waals surface area (Å²) in [5.41, 5.74) is 9.01. The molecule has 0 aliphatic heterocycles.